The zero-order valence-corrected chi connectivity index (χ0v) is 36.6. The van der Waals surface area contributed by atoms with Gasteiger partial charge in [-0.05, 0) is 98.7 Å². The monoisotopic (exact) mass is 884 g/mol. The number of aliphatic hydroxyl groups excluding tert-OH is 9. The van der Waals surface area contributed by atoms with Gasteiger partial charge in [-0.2, -0.15) is 0 Å². The van der Waals surface area contributed by atoms with Crippen LogP contribution in [0.2, 0.25) is 0 Å². The van der Waals surface area contributed by atoms with Crippen molar-refractivity contribution < 1.29 is 83.9 Å². The molecule has 8 fully saturated rings. The van der Waals surface area contributed by atoms with Crippen molar-refractivity contribution in [1.82, 2.24) is 0 Å². The van der Waals surface area contributed by atoms with Crippen molar-refractivity contribution in [1.29, 1.82) is 0 Å². The molecule has 5 saturated heterocycles. The van der Waals surface area contributed by atoms with Gasteiger partial charge in [0, 0.05) is 12.3 Å². The van der Waals surface area contributed by atoms with Crippen molar-refractivity contribution in [2.45, 2.75) is 203 Å². The summed E-state index contributed by atoms with van der Waals surface area (Å²) in [6.07, 6.45) is -12.0. The number of fused-ring (bicyclic) bond motifs is 7. The fourth-order valence-electron chi connectivity index (χ4n) is 14.0. The van der Waals surface area contributed by atoms with Gasteiger partial charge in [-0.15, -0.1) is 0 Å². The highest BCUT2D eigenvalue weighted by atomic mass is 16.8. The molecule has 9 N–H and O–H groups in total. The maximum Gasteiger partial charge on any atom is 0.187 e. The SMILES string of the molecule is C[C@@H]1CC[C@@]2(OC1)O[C@H]1C[C@H]3[C@@H]4CC=C5CC(O[C@@H]6O[C@H](CO)[C@@H](O[C@@H]7O[C@H](CO)[C@@H](O)[C@H](O)[C@H]7O)[C@H](O)[C@H]6O[C@@H]6O[C@@H](C)[C@H](O)[C@@H](O)[C@H]6O)CC[C@]5(C)[C@H]4CC[C@]3(C)[C@H]1[C@@H]2C. The van der Waals surface area contributed by atoms with E-state index in [9.17, 15) is 46.0 Å². The number of ether oxygens (including phenoxy) is 8. The molecule has 0 bridgehead atoms. The predicted molar refractivity (Wildman–Crippen MR) is 214 cm³/mol. The maximum absolute atomic E-state index is 12.0. The van der Waals surface area contributed by atoms with Gasteiger partial charge in [0.1, 0.15) is 67.1 Å². The highest BCUT2D eigenvalue weighted by Crippen LogP contribution is 2.70. The van der Waals surface area contributed by atoms with Gasteiger partial charge in [-0.25, -0.2) is 0 Å². The summed E-state index contributed by atoms with van der Waals surface area (Å²) in [6, 6.07) is 0. The molecular formula is C45H72O17. The van der Waals surface area contributed by atoms with Gasteiger partial charge < -0.3 is 83.9 Å². The lowest BCUT2D eigenvalue weighted by molar-refractivity contribution is -0.389. The number of hydrogen-bond donors (Lipinski definition) is 9. The Kier molecular flexibility index (Phi) is 12.9. The summed E-state index contributed by atoms with van der Waals surface area (Å²) in [5.41, 5.74) is 1.48. The molecule has 0 aromatic rings. The molecule has 9 rings (SSSR count). The van der Waals surface area contributed by atoms with E-state index in [0.29, 0.717) is 48.3 Å². The van der Waals surface area contributed by atoms with E-state index < -0.39 is 111 Å². The van der Waals surface area contributed by atoms with Crippen LogP contribution in [-0.2, 0) is 37.9 Å². The van der Waals surface area contributed by atoms with E-state index in [1.165, 1.54) is 12.5 Å². The second-order valence-electron chi connectivity index (χ2n) is 21.1. The minimum atomic E-state index is -1.82. The molecular weight excluding hydrogens is 812 g/mol. The third kappa shape index (κ3) is 7.49. The first-order valence-electron chi connectivity index (χ1n) is 23.4. The minimum Gasteiger partial charge on any atom is -0.394 e. The molecule has 17 nitrogen and oxygen atoms in total. The summed E-state index contributed by atoms with van der Waals surface area (Å²) in [5.74, 6) is 2.56. The lowest BCUT2D eigenvalue weighted by atomic mass is 9.47. The van der Waals surface area contributed by atoms with Crippen LogP contribution in [0.1, 0.15) is 92.4 Å². The van der Waals surface area contributed by atoms with E-state index >= 15 is 0 Å². The predicted octanol–water partition coefficient (Wildman–Crippen LogP) is 0.214. The van der Waals surface area contributed by atoms with Crippen molar-refractivity contribution in [2.75, 3.05) is 19.8 Å². The maximum atomic E-state index is 12.0. The Morgan fingerprint density at radius 2 is 1.35 bits per heavy atom. The van der Waals surface area contributed by atoms with E-state index in [1.54, 1.807) is 0 Å². The second kappa shape index (κ2) is 17.3. The Bertz CT molecular complexity index is 1610. The van der Waals surface area contributed by atoms with Crippen LogP contribution < -0.4 is 0 Å². The van der Waals surface area contributed by atoms with Gasteiger partial charge in [0.15, 0.2) is 24.7 Å². The summed E-state index contributed by atoms with van der Waals surface area (Å²) in [6.45, 7) is 10.4. The van der Waals surface area contributed by atoms with E-state index in [2.05, 4.69) is 33.8 Å². The highest BCUT2D eigenvalue weighted by molar-refractivity contribution is 5.26. The average molecular weight is 885 g/mol. The lowest BCUT2D eigenvalue weighted by Crippen LogP contribution is -2.67. The molecule has 1 unspecified atom stereocenters. The van der Waals surface area contributed by atoms with Crippen LogP contribution in [-0.4, -0.2) is 176 Å². The third-order valence-corrected chi connectivity index (χ3v) is 17.7. The number of allylic oxidation sites excluding steroid dienone is 1. The molecule has 0 aromatic heterocycles. The van der Waals surface area contributed by atoms with Gasteiger partial charge >= 0.3 is 0 Å². The van der Waals surface area contributed by atoms with Crippen molar-refractivity contribution >= 4 is 0 Å². The lowest BCUT2D eigenvalue weighted by Gasteiger charge is -2.58. The molecule has 4 aliphatic carbocycles. The van der Waals surface area contributed by atoms with E-state index in [-0.39, 0.29) is 23.0 Å². The van der Waals surface area contributed by atoms with Crippen molar-refractivity contribution in [2.24, 2.45) is 46.3 Å². The van der Waals surface area contributed by atoms with E-state index in [1.807, 2.05) is 0 Å². The number of rotatable bonds is 8. The normalized spacial score (nSPS) is 57.6. The Balaban J connectivity index is 0.917. The molecule has 9 aliphatic rings. The first-order chi connectivity index (χ1) is 29.4. The van der Waals surface area contributed by atoms with Crippen molar-refractivity contribution in [3.63, 3.8) is 0 Å². The van der Waals surface area contributed by atoms with Crippen LogP contribution in [0.5, 0.6) is 0 Å². The van der Waals surface area contributed by atoms with Crippen LogP contribution >= 0.6 is 0 Å². The topological polar surface area (TPSA) is 256 Å². The van der Waals surface area contributed by atoms with Gasteiger partial charge in [0.2, 0.25) is 0 Å². The summed E-state index contributed by atoms with van der Waals surface area (Å²) in [5, 5.41) is 95.7. The van der Waals surface area contributed by atoms with Crippen molar-refractivity contribution in [3.8, 4) is 0 Å². The molecule has 5 heterocycles. The third-order valence-electron chi connectivity index (χ3n) is 17.7. The first-order valence-corrected chi connectivity index (χ1v) is 23.4. The molecule has 17 heteroatoms. The standard InChI is InChI=1S/C45H72O17/c1-19-8-13-45(55-18-19)20(2)30-27(62-45)15-26-24-7-6-22-14-23(9-11-43(22,4)25(24)10-12-44(26,30)5)57-42-39(61-40-35(52)33(50)31(48)21(3)56-40)37(54)38(29(17-47)59-42)60-41-36(53)34(51)32(49)28(16-46)58-41/h6,19-21,23-42,46-54H,7-18H2,1-5H3/t19-,20+,21+,23?,24-,25+,26+,27+,28-,29-,30+,31+,32-,33-,34+,35-,36-,37+,38-,39-,40+,41+,42-,43+,44+,45-/m1/s1. The van der Waals surface area contributed by atoms with Gasteiger partial charge in [0.05, 0.1) is 38.1 Å². The second-order valence-corrected chi connectivity index (χ2v) is 21.1. The Morgan fingerprint density at radius 1 is 0.677 bits per heavy atom. The molecule has 0 aromatic carbocycles. The van der Waals surface area contributed by atoms with E-state index in [4.69, 9.17) is 37.9 Å². The molecule has 354 valence electrons. The number of hydrogen-bond acceptors (Lipinski definition) is 17. The van der Waals surface area contributed by atoms with Gasteiger partial charge in [-0.3, -0.25) is 0 Å². The van der Waals surface area contributed by atoms with Crippen LogP contribution in [0.3, 0.4) is 0 Å². The Labute approximate surface area is 363 Å². The van der Waals surface area contributed by atoms with E-state index in [0.717, 1.165) is 51.6 Å². The molecule has 0 radical (unpaired) electrons. The summed E-state index contributed by atoms with van der Waals surface area (Å²) in [7, 11) is 0. The Morgan fingerprint density at radius 3 is 2.05 bits per heavy atom. The zero-order valence-electron chi connectivity index (χ0n) is 36.6. The molecule has 26 atom stereocenters. The average Bonchev–Trinajstić information content (AvgIpc) is 3.70. The molecule has 0 amide bonds. The van der Waals surface area contributed by atoms with Crippen LogP contribution in [0.15, 0.2) is 11.6 Å². The fraction of sp³-hybridized carbons (Fsp3) is 0.956. The molecule has 62 heavy (non-hydrogen) atoms. The zero-order chi connectivity index (χ0) is 44.2. The highest BCUT2D eigenvalue weighted by Gasteiger charge is 2.69. The molecule has 3 saturated carbocycles. The quantitative estimate of drug-likeness (QED) is 0.148. The largest absolute Gasteiger partial charge is 0.394 e. The van der Waals surface area contributed by atoms with Gasteiger partial charge in [0.25, 0.3) is 0 Å². The van der Waals surface area contributed by atoms with Crippen LogP contribution in [0.4, 0.5) is 0 Å². The van der Waals surface area contributed by atoms with Gasteiger partial charge in [-0.1, -0.05) is 39.3 Å². The summed E-state index contributed by atoms with van der Waals surface area (Å²) >= 11 is 0. The summed E-state index contributed by atoms with van der Waals surface area (Å²) in [4.78, 5) is 0. The summed E-state index contributed by atoms with van der Waals surface area (Å²) < 4.78 is 49.9. The number of aliphatic hydroxyl groups is 9. The molecule has 1 spiro atoms. The van der Waals surface area contributed by atoms with Crippen LogP contribution in [0.25, 0.3) is 0 Å². The fourth-order valence-corrected chi connectivity index (χ4v) is 14.0. The molecule has 5 aliphatic heterocycles. The minimum absolute atomic E-state index is 0.0356. The smallest absolute Gasteiger partial charge is 0.187 e. The first kappa shape index (κ1) is 46.2. The Hall–Kier alpha value is -0.940. The van der Waals surface area contributed by atoms with Crippen molar-refractivity contribution in [3.05, 3.63) is 11.6 Å². The van der Waals surface area contributed by atoms with Crippen LogP contribution in [0, 0.1) is 46.3 Å².